The van der Waals surface area contributed by atoms with Gasteiger partial charge in [0.05, 0.1) is 16.3 Å². The topological polar surface area (TPSA) is 106 Å². The Bertz CT molecular complexity index is 1440. The fourth-order valence-electron chi connectivity index (χ4n) is 5.71. The van der Waals surface area contributed by atoms with Crippen LogP contribution in [-0.4, -0.2) is 86.3 Å². The first-order valence-electron chi connectivity index (χ1n) is 12.8. The summed E-state index contributed by atoms with van der Waals surface area (Å²) in [6.07, 6.45) is 8.20. The molecule has 0 aliphatic carbocycles. The van der Waals surface area contributed by atoms with Gasteiger partial charge in [-0.25, -0.2) is 19.9 Å². The van der Waals surface area contributed by atoms with Crippen LogP contribution in [0, 0.1) is 0 Å². The van der Waals surface area contributed by atoms with Gasteiger partial charge in [-0.05, 0) is 44.5 Å². The number of rotatable bonds is 5. The van der Waals surface area contributed by atoms with Crippen molar-refractivity contribution >= 4 is 45.0 Å². The molecule has 0 radical (unpaired) electrons. The Kier molecular flexibility index (Phi) is 5.63. The summed E-state index contributed by atoms with van der Waals surface area (Å²) in [4.78, 5) is 30.3. The van der Waals surface area contributed by atoms with Gasteiger partial charge < -0.3 is 20.2 Å². The van der Waals surface area contributed by atoms with Crippen LogP contribution in [0.15, 0.2) is 42.9 Å². The molecule has 0 saturated carbocycles. The first kappa shape index (κ1) is 22.8. The number of aliphatic hydroxyl groups excluding tert-OH is 1. The van der Waals surface area contributed by atoms with Gasteiger partial charge >= 0.3 is 0 Å². The molecule has 4 aromatic heterocycles. The number of piperidine rings is 1. The van der Waals surface area contributed by atoms with Crippen LogP contribution in [-0.2, 0) is 0 Å². The molecule has 37 heavy (non-hydrogen) atoms. The molecule has 0 amide bonds. The molecule has 0 spiro atoms. The van der Waals surface area contributed by atoms with E-state index in [9.17, 15) is 5.11 Å². The number of aliphatic hydroxyl groups is 1. The number of aromatic nitrogens is 5. The number of fused-ring (bicyclic) bond motifs is 3. The Balaban J connectivity index is 1.10. The quantitative estimate of drug-likeness (QED) is 0.412. The van der Waals surface area contributed by atoms with Crippen LogP contribution in [0.2, 0.25) is 0 Å². The van der Waals surface area contributed by atoms with Gasteiger partial charge in [0, 0.05) is 68.5 Å². The summed E-state index contributed by atoms with van der Waals surface area (Å²) in [5, 5.41) is 14.3. The van der Waals surface area contributed by atoms with Crippen LogP contribution < -0.4 is 15.1 Å². The monoisotopic (exact) mass is 515 g/mol. The third-order valence-corrected chi connectivity index (χ3v) is 8.71. The third kappa shape index (κ3) is 4.36. The van der Waals surface area contributed by atoms with E-state index in [1.165, 1.54) is 6.42 Å². The van der Waals surface area contributed by atoms with Crippen LogP contribution in [0.3, 0.4) is 0 Å². The zero-order valence-corrected chi connectivity index (χ0v) is 21.5. The zero-order valence-electron chi connectivity index (χ0n) is 20.7. The van der Waals surface area contributed by atoms with Crippen molar-refractivity contribution < 1.29 is 5.11 Å². The van der Waals surface area contributed by atoms with Gasteiger partial charge in [0.2, 0.25) is 5.95 Å². The van der Waals surface area contributed by atoms with E-state index in [0.29, 0.717) is 24.4 Å². The Labute approximate surface area is 219 Å². The Morgan fingerprint density at radius 3 is 2.76 bits per heavy atom. The van der Waals surface area contributed by atoms with E-state index in [1.54, 1.807) is 11.3 Å². The molecular formula is C26H29N9OS. The lowest BCUT2D eigenvalue weighted by molar-refractivity contribution is 0.154. The zero-order chi connectivity index (χ0) is 24.9. The second kappa shape index (κ2) is 9.16. The third-order valence-electron chi connectivity index (χ3n) is 7.66. The number of thiazole rings is 1. The smallest absolute Gasteiger partial charge is 0.227 e. The molecule has 190 valence electrons. The number of piperazine rings is 1. The summed E-state index contributed by atoms with van der Waals surface area (Å²) in [6, 6.07) is 8.97. The van der Waals surface area contributed by atoms with E-state index < -0.39 is 0 Å². The van der Waals surface area contributed by atoms with E-state index in [2.05, 4.69) is 48.1 Å². The standard InChI is InChI=1S/C26H29N9OS/c1-33-13-18-10-17(33)14-35(18)26-28-7-5-22(32-26)31-23-11-20-21(12-29-23)37-25(30-20)16-4-6-27-24(9-16)34-8-2-3-19(36)15-34/h4-7,9,11-12,17-19,36H,2-3,8,10,13-15H2,1H3,(H,28,29,31,32)/t17-,18-,19+/m0/s1. The Morgan fingerprint density at radius 1 is 1.00 bits per heavy atom. The fraction of sp³-hybridized carbons (Fsp3) is 0.423. The van der Waals surface area contributed by atoms with E-state index in [-0.39, 0.29) is 6.10 Å². The lowest BCUT2D eigenvalue weighted by Gasteiger charge is -2.31. The molecule has 7 rings (SSSR count). The minimum Gasteiger partial charge on any atom is -0.391 e. The number of hydrogen-bond acceptors (Lipinski definition) is 11. The Morgan fingerprint density at radius 2 is 1.92 bits per heavy atom. The van der Waals surface area contributed by atoms with Crippen molar-refractivity contribution in [3.8, 4) is 10.6 Å². The molecule has 3 atom stereocenters. The van der Waals surface area contributed by atoms with Crippen molar-refractivity contribution in [3.63, 3.8) is 0 Å². The molecule has 0 unspecified atom stereocenters. The number of nitrogens with zero attached hydrogens (tertiary/aromatic N) is 8. The van der Waals surface area contributed by atoms with Crippen molar-refractivity contribution in [1.82, 2.24) is 29.8 Å². The highest BCUT2D eigenvalue weighted by Crippen LogP contribution is 2.34. The molecular weight excluding hydrogens is 486 g/mol. The van der Waals surface area contributed by atoms with E-state index >= 15 is 0 Å². The van der Waals surface area contributed by atoms with Gasteiger partial charge in [-0.1, -0.05) is 0 Å². The largest absolute Gasteiger partial charge is 0.391 e. The minimum absolute atomic E-state index is 0.295. The van der Waals surface area contributed by atoms with E-state index in [1.807, 2.05) is 36.8 Å². The minimum atomic E-state index is -0.295. The van der Waals surface area contributed by atoms with Crippen LogP contribution in [0.25, 0.3) is 20.8 Å². The summed E-state index contributed by atoms with van der Waals surface area (Å²) < 4.78 is 1.02. The number of likely N-dealkylation sites (N-methyl/N-ethyl adjacent to an activating group) is 1. The van der Waals surface area contributed by atoms with Crippen molar-refractivity contribution in [3.05, 3.63) is 42.9 Å². The average Bonchev–Trinajstić information content (AvgIpc) is 3.63. The predicted molar refractivity (Wildman–Crippen MR) is 146 cm³/mol. The highest BCUT2D eigenvalue weighted by Gasteiger charge is 2.42. The highest BCUT2D eigenvalue weighted by molar-refractivity contribution is 7.21. The van der Waals surface area contributed by atoms with Crippen molar-refractivity contribution in [2.24, 2.45) is 0 Å². The van der Waals surface area contributed by atoms with Crippen LogP contribution in [0.4, 0.5) is 23.4 Å². The van der Waals surface area contributed by atoms with Gasteiger partial charge in [-0.2, -0.15) is 4.98 Å². The van der Waals surface area contributed by atoms with Gasteiger partial charge in [0.1, 0.15) is 22.5 Å². The summed E-state index contributed by atoms with van der Waals surface area (Å²) >= 11 is 1.61. The van der Waals surface area contributed by atoms with E-state index in [0.717, 1.165) is 70.8 Å². The number of anilines is 4. The van der Waals surface area contributed by atoms with Crippen LogP contribution in [0.5, 0.6) is 0 Å². The molecule has 0 aromatic carbocycles. The molecule has 3 fully saturated rings. The maximum atomic E-state index is 10.1. The molecule has 7 heterocycles. The van der Waals surface area contributed by atoms with Crippen molar-refractivity contribution in [2.45, 2.75) is 37.5 Å². The maximum Gasteiger partial charge on any atom is 0.227 e. The van der Waals surface area contributed by atoms with Crippen molar-refractivity contribution in [2.75, 3.05) is 48.3 Å². The lowest BCUT2D eigenvalue weighted by Crippen LogP contribution is -2.45. The maximum absolute atomic E-state index is 10.1. The normalized spacial score (nSPS) is 23.8. The summed E-state index contributed by atoms with van der Waals surface area (Å²) in [5.74, 6) is 3.09. The molecule has 4 aromatic rings. The van der Waals surface area contributed by atoms with Crippen LogP contribution >= 0.6 is 11.3 Å². The fourth-order valence-corrected chi connectivity index (χ4v) is 6.62. The number of β-amino-alcohol motifs (C(OH)–C–C–N with tert-alkyl or cyclic N) is 1. The predicted octanol–water partition coefficient (Wildman–Crippen LogP) is 3.14. The highest BCUT2D eigenvalue weighted by atomic mass is 32.1. The molecule has 3 saturated heterocycles. The number of nitrogens with one attached hydrogen (secondary N) is 1. The van der Waals surface area contributed by atoms with Crippen LogP contribution in [0.1, 0.15) is 19.3 Å². The summed E-state index contributed by atoms with van der Waals surface area (Å²) in [6.45, 7) is 3.57. The average molecular weight is 516 g/mol. The molecule has 3 aliphatic heterocycles. The van der Waals surface area contributed by atoms with Gasteiger partial charge in [0.15, 0.2) is 0 Å². The summed E-state index contributed by atoms with van der Waals surface area (Å²) in [5.41, 5.74) is 1.91. The Hall–Kier alpha value is -3.41. The second-order valence-corrected chi connectivity index (χ2v) is 11.2. The molecule has 2 N–H and O–H groups in total. The number of pyridine rings is 2. The van der Waals surface area contributed by atoms with Crippen molar-refractivity contribution in [1.29, 1.82) is 0 Å². The van der Waals surface area contributed by atoms with Gasteiger partial charge in [0.25, 0.3) is 0 Å². The van der Waals surface area contributed by atoms with E-state index in [4.69, 9.17) is 9.97 Å². The molecule has 10 nitrogen and oxygen atoms in total. The molecule has 2 bridgehead atoms. The lowest BCUT2D eigenvalue weighted by atomic mass is 10.1. The number of hydrogen-bond donors (Lipinski definition) is 2. The second-order valence-electron chi connectivity index (χ2n) is 10.2. The molecule has 11 heteroatoms. The van der Waals surface area contributed by atoms with Gasteiger partial charge in [-0.15, -0.1) is 11.3 Å². The van der Waals surface area contributed by atoms with Gasteiger partial charge in [-0.3, -0.25) is 4.90 Å². The summed E-state index contributed by atoms with van der Waals surface area (Å²) in [7, 11) is 2.19. The first-order valence-corrected chi connectivity index (χ1v) is 13.6. The number of likely N-dealkylation sites (tertiary alicyclic amines) is 1. The molecule has 3 aliphatic rings. The first-order chi connectivity index (χ1) is 18.1. The SMILES string of the molecule is CN1C[C@@H]2C[C@H]1CN2c1nccc(Nc2cc3nc(-c4ccnc(N5CCC[C@@H](O)C5)c4)sc3cn2)n1.